The highest BCUT2D eigenvalue weighted by molar-refractivity contribution is 9.10. The minimum atomic E-state index is 0.408. The fourth-order valence-electron chi connectivity index (χ4n) is 2.42. The Hall–Kier alpha value is -0.540. The van der Waals surface area contributed by atoms with Gasteiger partial charge in [-0.3, -0.25) is 0 Å². The second-order valence-electron chi connectivity index (χ2n) is 5.37. The average Bonchev–Trinajstić information content (AvgIpc) is 2.44. The Kier molecular flexibility index (Phi) is 8.24. The van der Waals surface area contributed by atoms with Crippen LogP contribution in [0.3, 0.4) is 0 Å². The first-order chi connectivity index (χ1) is 9.63. The number of anilines is 1. The number of nitrogens with zero attached hydrogens (tertiary/aromatic N) is 1. The smallest absolute Gasteiger partial charge is 0.0510 e. The van der Waals surface area contributed by atoms with Crippen molar-refractivity contribution in [2.75, 3.05) is 24.5 Å². The van der Waals surface area contributed by atoms with E-state index in [4.69, 9.17) is 0 Å². The van der Waals surface area contributed by atoms with Crippen LogP contribution in [0.25, 0.3) is 0 Å². The van der Waals surface area contributed by atoms with Crippen LogP contribution in [0.4, 0.5) is 5.69 Å². The first-order valence-electron chi connectivity index (χ1n) is 7.91. The van der Waals surface area contributed by atoms with E-state index in [2.05, 4.69) is 72.0 Å². The molecule has 0 aliphatic heterocycles. The fourth-order valence-corrected chi connectivity index (χ4v) is 3.07. The van der Waals surface area contributed by atoms with Crippen molar-refractivity contribution >= 4 is 21.6 Å². The van der Waals surface area contributed by atoms with E-state index < -0.39 is 0 Å². The van der Waals surface area contributed by atoms with E-state index in [0.717, 1.165) is 19.6 Å². The van der Waals surface area contributed by atoms with Crippen molar-refractivity contribution in [1.29, 1.82) is 0 Å². The molecule has 114 valence electrons. The third-order valence-corrected chi connectivity index (χ3v) is 4.14. The molecule has 3 heteroatoms. The van der Waals surface area contributed by atoms with Gasteiger partial charge < -0.3 is 10.2 Å². The summed E-state index contributed by atoms with van der Waals surface area (Å²) in [6.07, 6.45) is 3.54. The van der Waals surface area contributed by atoms with E-state index in [1.54, 1.807) is 0 Å². The van der Waals surface area contributed by atoms with Crippen LogP contribution in [0.5, 0.6) is 0 Å². The second-order valence-corrected chi connectivity index (χ2v) is 6.23. The third kappa shape index (κ3) is 5.10. The Morgan fingerprint density at radius 2 is 1.75 bits per heavy atom. The van der Waals surface area contributed by atoms with Crippen molar-refractivity contribution in [3.63, 3.8) is 0 Å². The predicted molar refractivity (Wildman–Crippen MR) is 93.6 cm³/mol. The summed E-state index contributed by atoms with van der Waals surface area (Å²) >= 11 is 3.75. The summed E-state index contributed by atoms with van der Waals surface area (Å²) in [6, 6.07) is 7.19. The van der Waals surface area contributed by atoms with Crippen LogP contribution >= 0.6 is 15.9 Å². The van der Waals surface area contributed by atoms with Gasteiger partial charge in [0.1, 0.15) is 0 Å². The summed E-state index contributed by atoms with van der Waals surface area (Å²) in [5, 5.41) is 3.54. The van der Waals surface area contributed by atoms with Gasteiger partial charge in [-0.15, -0.1) is 0 Å². The molecule has 0 amide bonds. The highest BCUT2D eigenvalue weighted by atomic mass is 79.9. The molecular formula is C17H29BrN2. The number of halogens is 1. The normalized spacial score (nSPS) is 12.4. The highest BCUT2D eigenvalue weighted by Gasteiger charge is 2.11. The second kappa shape index (κ2) is 9.41. The zero-order chi connectivity index (χ0) is 15.0. The van der Waals surface area contributed by atoms with E-state index in [1.165, 1.54) is 35.0 Å². The Balaban J connectivity index is 2.85. The van der Waals surface area contributed by atoms with Gasteiger partial charge in [-0.1, -0.05) is 26.8 Å². The van der Waals surface area contributed by atoms with Crippen molar-refractivity contribution in [3.05, 3.63) is 28.2 Å². The molecule has 0 spiro atoms. The van der Waals surface area contributed by atoms with Crippen LogP contribution in [0, 0.1) is 0 Å². The minimum Gasteiger partial charge on any atom is -0.371 e. The van der Waals surface area contributed by atoms with Crippen LogP contribution in [0.1, 0.15) is 58.6 Å². The molecule has 1 N–H and O–H groups in total. The van der Waals surface area contributed by atoms with E-state index >= 15 is 0 Å². The Bertz CT molecular complexity index is 387. The van der Waals surface area contributed by atoms with Gasteiger partial charge in [-0.2, -0.15) is 0 Å². The molecule has 0 aliphatic carbocycles. The zero-order valence-corrected chi connectivity index (χ0v) is 15.0. The standard InChI is InChI=1S/C17H29BrN2/c1-5-10-19-14(4)15-8-9-17(16(18)13-15)20(11-6-2)12-7-3/h8-9,13-14,19H,5-7,10-12H2,1-4H3. The molecule has 1 aromatic rings. The van der Waals surface area contributed by atoms with Crippen molar-refractivity contribution in [1.82, 2.24) is 5.32 Å². The molecule has 1 aromatic carbocycles. The number of benzene rings is 1. The molecule has 2 nitrogen and oxygen atoms in total. The lowest BCUT2D eigenvalue weighted by atomic mass is 10.1. The van der Waals surface area contributed by atoms with Crippen LogP contribution in [-0.2, 0) is 0 Å². The summed E-state index contributed by atoms with van der Waals surface area (Å²) in [5.41, 5.74) is 2.67. The van der Waals surface area contributed by atoms with Crippen LogP contribution in [-0.4, -0.2) is 19.6 Å². The van der Waals surface area contributed by atoms with Gasteiger partial charge in [0.2, 0.25) is 0 Å². The number of nitrogens with one attached hydrogen (secondary N) is 1. The monoisotopic (exact) mass is 340 g/mol. The van der Waals surface area contributed by atoms with Crippen LogP contribution < -0.4 is 10.2 Å². The number of hydrogen-bond acceptors (Lipinski definition) is 2. The van der Waals surface area contributed by atoms with Gasteiger partial charge in [0.15, 0.2) is 0 Å². The van der Waals surface area contributed by atoms with Crippen LogP contribution in [0.15, 0.2) is 22.7 Å². The Labute approximate surface area is 133 Å². The topological polar surface area (TPSA) is 15.3 Å². The molecule has 1 unspecified atom stereocenters. The van der Waals surface area contributed by atoms with Gasteiger partial charge in [-0.05, 0) is 66.4 Å². The number of hydrogen-bond donors (Lipinski definition) is 1. The molecule has 20 heavy (non-hydrogen) atoms. The molecule has 0 fully saturated rings. The fraction of sp³-hybridized carbons (Fsp3) is 0.647. The van der Waals surface area contributed by atoms with Gasteiger partial charge in [-0.25, -0.2) is 0 Å². The van der Waals surface area contributed by atoms with Gasteiger partial charge in [0.05, 0.1) is 5.69 Å². The molecule has 0 radical (unpaired) electrons. The maximum atomic E-state index is 3.75. The lowest BCUT2D eigenvalue weighted by molar-refractivity contribution is 0.570. The largest absolute Gasteiger partial charge is 0.371 e. The van der Waals surface area contributed by atoms with E-state index in [0.29, 0.717) is 6.04 Å². The Morgan fingerprint density at radius 3 is 2.25 bits per heavy atom. The van der Waals surface area contributed by atoms with Gasteiger partial charge in [0, 0.05) is 23.6 Å². The molecule has 0 saturated carbocycles. The van der Waals surface area contributed by atoms with Gasteiger partial charge >= 0.3 is 0 Å². The molecule has 1 atom stereocenters. The maximum Gasteiger partial charge on any atom is 0.0510 e. The predicted octanol–water partition coefficient (Wildman–Crippen LogP) is 5.14. The molecule has 0 aromatic heterocycles. The number of rotatable bonds is 9. The molecule has 0 bridgehead atoms. The van der Waals surface area contributed by atoms with E-state index in [1.807, 2.05) is 0 Å². The zero-order valence-electron chi connectivity index (χ0n) is 13.4. The molecule has 0 aliphatic rings. The lowest BCUT2D eigenvalue weighted by Crippen LogP contribution is -2.25. The van der Waals surface area contributed by atoms with Crippen molar-refractivity contribution < 1.29 is 0 Å². The Morgan fingerprint density at radius 1 is 1.10 bits per heavy atom. The van der Waals surface area contributed by atoms with Crippen molar-refractivity contribution in [2.45, 2.75) is 53.0 Å². The molecular weight excluding hydrogens is 312 g/mol. The van der Waals surface area contributed by atoms with E-state index in [-0.39, 0.29) is 0 Å². The average molecular weight is 341 g/mol. The van der Waals surface area contributed by atoms with Crippen LogP contribution in [0.2, 0.25) is 0 Å². The van der Waals surface area contributed by atoms with Crippen molar-refractivity contribution in [2.24, 2.45) is 0 Å². The molecule has 0 heterocycles. The molecule has 1 rings (SSSR count). The molecule has 0 saturated heterocycles. The maximum absolute atomic E-state index is 3.75. The van der Waals surface area contributed by atoms with Crippen molar-refractivity contribution in [3.8, 4) is 0 Å². The summed E-state index contributed by atoms with van der Waals surface area (Å²) in [6.45, 7) is 12.2. The lowest BCUT2D eigenvalue weighted by Gasteiger charge is -2.26. The highest BCUT2D eigenvalue weighted by Crippen LogP contribution is 2.29. The van der Waals surface area contributed by atoms with Gasteiger partial charge in [0.25, 0.3) is 0 Å². The summed E-state index contributed by atoms with van der Waals surface area (Å²) in [4.78, 5) is 2.47. The first-order valence-corrected chi connectivity index (χ1v) is 8.71. The summed E-state index contributed by atoms with van der Waals surface area (Å²) in [7, 11) is 0. The quantitative estimate of drug-likeness (QED) is 0.669. The third-order valence-electron chi connectivity index (χ3n) is 3.50. The summed E-state index contributed by atoms with van der Waals surface area (Å²) in [5.74, 6) is 0. The summed E-state index contributed by atoms with van der Waals surface area (Å²) < 4.78 is 1.21. The minimum absolute atomic E-state index is 0.408. The SMILES string of the molecule is CCCNC(C)c1ccc(N(CCC)CCC)c(Br)c1. The van der Waals surface area contributed by atoms with E-state index in [9.17, 15) is 0 Å². The first kappa shape index (κ1) is 17.5.